The Morgan fingerprint density at radius 1 is 0.971 bits per heavy atom. The molecule has 4 nitrogen and oxygen atoms in total. The second-order valence-electron chi connectivity index (χ2n) is 14.6. The van der Waals surface area contributed by atoms with Crippen molar-refractivity contribution in [3.05, 3.63) is 23.8 Å². The Bertz CT molecular complexity index is 1000. The predicted octanol–water partition coefficient (Wildman–Crippen LogP) is 6.19. The highest BCUT2D eigenvalue weighted by atomic mass is 16.4. The van der Waals surface area contributed by atoms with E-state index in [0.717, 1.165) is 32.1 Å². The Morgan fingerprint density at radius 3 is 2.29 bits per heavy atom. The minimum absolute atomic E-state index is 0.0592. The van der Waals surface area contributed by atoms with Crippen LogP contribution in [0, 0.1) is 50.2 Å². The number of ketones is 1. The van der Waals surface area contributed by atoms with Crippen LogP contribution in [0.15, 0.2) is 23.8 Å². The molecule has 3 fully saturated rings. The number of carbonyl (C=O) groups excluding carboxylic acids is 1. The van der Waals surface area contributed by atoms with E-state index in [-0.39, 0.29) is 38.8 Å². The summed E-state index contributed by atoms with van der Waals surface area (Å²) in [5, 5.41) is 22.1. The van der Waals surface area contributed by atoms with E-state index < -0.39 is 17.5 Å². The molecule has 5 aliphatic carbocycles. The number of aliphatic hydroxyl groups is 1. The molecule has 5 rings (SSSR count). The Balaban J connectivity index is 1.66. The van der Waals surface area contributed by atoms with E-state index in [1.807, 2.05) is 6.08 Å². The van der Waals surface area contributed by atoms with Crippen LogP contribution in [-0.2, 0) is 9.59 Å². The zero-order chi connectivity index (χ0) is 25.1. The van der Waals surface area contributed by atoms with Crippen molar-refractivity contribution in [2.24, 2.45) is 50.2 Å². The molecule has 34 heavy (non-hydrogen) atoms. The van der Waals surface area contributed by atoms with Crippen molar-refractivity contribution < 1.29 is 19.8 Å². The van der Waals surface area contributed by atoms with E-state index in [2.05, 4.69) is 60.6 Å². The van der Waals surface area contributed by atoms with Gasteiger partial charge < -0.3 is 10.2 Å². The van der Waals surface area contributed by atoms with E-state index in [4.69, 9.17) is 0 Å². The Kier molecular flexibility index (Phi) is 4.90. The molecule has 5 aliphatic rings. The second-order valence-corrected chi connectivity index (χ2v) is 14.6. The van der Waals surface area contributed by atoms with E-state index in [1.54, 1.807) is 0 Å². The van der Waals surface area contributed by atoms with Gasteiger partial charge in [-0.05, 0) is 90.4 Å². The number of aliphatic hydroxyl groups excluding tert-OH is 1. The van der Waals surface area contributed by atoms with Gasteiger partial charge in [0.15, 0.2) is 5.78 Å². The summed E-state index contributed by atoms with van der Waals surface area (Å²) in [7, 11) is 0. The third-order valence-corrected chi connectivity index (χ3v) is 12.4. The smallest absolute Gasteiger partial charge is 0.312 e. The van der Waals surface area contributed by atoms with Crippen molar-refractivity contribution in [3.63, 3.8) is 0 Å². The maximum Gasteiger partial charge on any atom is 0.312 e. The van der Waals surface area contributed by atoms with E-state index >= 15 is 0 Å². The fourth-order valence-corrected chi connectivity index (χ4v) is 10.0. The van der Waals surface area contributed by atoms with Gasteiger partial charge in [-0.25, -0.2) is 0 Å². The summed E-state index contributed by atoms with van der Waals surface area (Å²) in [6, 6.07) is 0. The third kappa shape index (κ3) is 2.70. The Hall–Kier alpha value is -1.42. The topological polar surface area (TPSA) is 74.6 Å². The number of aliphatic carboxylic acids is 1. The molecule has 0 saturated heterocycles. The highest BCUT2D eigenvalue weighted by Gasteiger charge is 2.70. The van der Waals surface area contributed by atoms with Crippen LogP contribution >= 0.6 is 0 Å². The zero-order valence-corrected chi connectivity index (χ0v) is 22.2. The lowest BCUT2D eigenvalue weighted by atomic mass is 9.34. The van der Waals surface area contributed by atoms with Crippen LogP contribution in [0.5, 0.6) is 0 Å². The molecule has 0 bridgehead atoms. The zero-order valence-electron chi connectivity index (χ0n) is 22.2. The summed E-state index contributed by atoms with van der Waals surface area (Å²) in [6.07, 6.45) is 11.2. The molecule has 2 N–H and O–H groups in total. The average Bonchev–Trinajstić information content (AvgIpc) is 2.71. The standard InChI is InChI=1S/C30H44O4/c1-25(2)14-15-30(24(33)34)19(16-25)18-8-9-21-27(5)12-11-22(31)26(3,4)20(27)10-13-28(21,6)29(18,7)17-23(30)32/h8,11-12,19-21,23,32H,9-10,13-17H2,1-7H3,(H,33,34)/t19-,20-,21-,23-,27-,28+,29+,30+/m0/s1. The van der Waals surface area contributed by atoms with E-state index in [0.29, 0.717) is 24.7 Å². The van der Waals surface area contributed by atoms with Crippen molar-refractivity contribution in [2.75, 3.05) is 0 Å². The van der Waals surface area contributed by atoms with Crippen LogP contribution in [0.3, 0.4) is 0 Å². The minimum atomic E-state index is -1.07. The van der Waals surface area contributed by atoms with Crippen LogP contribution < -0.4 is 0 Å². The maximum absolute atomic E-state index is 12.8. The largest absolute Gasteiger partial charge is 0.481 e. The average molecular weight is 469 g/mol. The molecule has 0 aromatic heterocycles. The molecule has 0 amide bonds. The van der Waals surface area contributed by atoms with Gasteiger partial charge >= 0.3 is 5.97 Å². The summed E-state index contributed by atoms with van der Waals surface area (Å²) in [5.74, 6) is -0.0418. The molecule has 0 heterocycles. The molecule has 8 atom stereocenters. The number of fused-ring (bicyclic) bond motifs is 7. The third-order valence-electron chi connectivity index (χ3n) is 12.4. The van der Waals surface area contributed by atoms with Crippen molar-refractivity contribution >= 4 is 11.8 Å². The van der Waals surface area contributed by atoms with Gasteiger partial charge in [-0.2, -0.15) is 0 Å². The van der Waals surface area contributed by atoms with Crippen molar-refractivity contribution in [1.29, 1.82) is 0 Å². The quantitative estimate of drug-likeness (QED) is 0.450. The molecule has 3 saturated carbocycles. The van der Waals surface area contributed by atoms with Gasteiger partial charge in [0.05, 0.1) is 6.10 Å². The van der Waals surface area contributed by atoms with Crippen molar-refractivity contribution in [2.45, 2.75) is 99.5 Å². The highest BCUT2D eigenvalue weighted by molar-refractivity contribution is 5.95. The highest BCUT2D eigenvalue weighted by Crippen LogP contribution is 2.74. The summed E-state index contributed by atoms with van der Waals surface area (Å²) < 4.78 is 0. The van der Waals surface area contributed by atoms with Gasteiger partial charge in [0, 0.05) is 5.41 Å². The molecule has 188 valence electrons. The predicted molar refractivity (Wildman–Crippen MR) is 133 cm³/mol. The monoisotopic (exact) mass is 468 g/mol. The summed E-state index contributed by atoms with van der Waals surface area (Å²) >= 11 is 0. The van der Waals surface area contributed by atoms with E-state index in [9.17, 15) is 19.8 Å². The summed E-state index contributed by atoms with van der Waals surface area (Å²) in [5.41, 5.74) is -0.453. The van der Waals surface area contributed by atoms with Gasteiger partial charge in [-0.15, -0.1) is 0 Å². The second kappa shape index (κ2) is 6.87. The molecular formula is C30H44O4. The molecular weight excluding hydrogens is 424 g/mol. The molecule has 0 radical (unpaired) electrons. The van der Waals surface area contributed by atoms with Crippen molar-refractivity contribution in [3.8, 4) is 0 Å². The lowest BCUT2D eigenvalue weighted by molar-refractivity contribution is -0.197. The molecule has 0 unspecified atom stereocenters. The number of carbonyl (C=O) groups is 2. The van der Waals surface area contributed by atoms with Gasteiger partial charge in [-0.1, -0.05) is 66.2 Å². The van der Waals surface area contributed by atoms with Crippen LogP contribution in [0.1, 0.15) is 93.4 Å². The number of hydrogen-bond donors (Lipinski definition) is 2. The Labute approximate surface area is 205 Å². The fraction of sp³-hybridized carbons (Fsp3) is 0.800. The first-order chi connectivity index (χ1) is 15.6. The molecule has 0 aliphatic heterocycles. The lowest BCUT2D eigenvalue weighted by Crippen LogP contribution is -2.66. The van der Waals surface area contributed by atoms with Crippen molar-refractivity contribution in [1.82, 2.24) is 0 Å². The molecule has 0 spiro atoms. The van der Waals surface area contributed by atoms with E-state index in [1.165, 1.54) is 5.57 Å². The van der Waals surface area contributed by atoms with Crippen LogP contribution in [0.25, 0.3) is 0 Å². The molecule has 0 aromatic carbocycles. The molecule has 4 heteroatoms. The number of allylic oxidation sites excluding steroid dienone is 4. The van der Waals surface area contributed by atoms with Crippen LogP contribution in [0.2, 0.25) is 0 Å². The SMILES string of the molecule is CC1(C)CC[C@]2(C(=O)O)[C@@H](O)C[C@]3(C)C(=CC[C@H]4[C@@]5(C)C=CC(=O)C(C)(C)[C@@H]5CC[C@]43C)[C@@H]2C1. The normalized spacial score (nSPS) is 50.8. The van der Waals surface area contributed by atoms with Gasteiger partial charge in [-0.3, -0.25) is 9.59 Å². The number of carboxylic acids is 1. The first-order valence-electron chi connectivity index (χ1n) is 13.4. The van der Waals surface area contributed by atoms with Crippen LogP contribution in [-0.4, -0.2) is 28.1 Å². The number of hydrogen-bond acceptors (Lipinski definition) is 3. The number of carboxylic acid groups (broad SMARTS) is 1. The van der Waals surface area contributed by atoms with Gasteiger partial charge in [0.2, 0.25) is 0 Å². The number of rotatable bonds is 1. The first kappa shape index (κ1) is 24.3. The minimum Gasteiger partial charge on any atom is -0.481 e. The first-order valence-corrected chi connectivity index (χ1v) is 13.4. The summed E-state index contributed by atoms with van der Waals surface area (Å²) in [6.45, 7) is 15.8. The lowest BCUT2D eigenvalue weighted by Gasteiger charge is -2.70. The fourth-order valence-electron chi connectivity index (χ4n) is 10.0. The Morgan fingerprint density at radius 2 is 1.65 bits per heavy atom. The summed E-state index contributed by atoms with van der Waals surface area (Å²) in [4.78, 5) is 25.6. The van der Waals surface area contributed by atoms with Gasteiger partial charge in [0.25, 0.3) is 0 Å². The maximum atomic E-state index is 12.8. The van der Waals surface area contributed by atoms with Crippen LogP contribution in [0.4, 0.5) is 0 Å². The molecule has 0 aromatic rings. The van der Waals surface area contributed by atoms with Gasteiger partial charge in [0.1, 0.15) is 5.41 Å².